The van der Waals surface area contributed by atoms with Gasteiger partial charge in [-0.25, -0.2) is 4.79 Å². The Kier molecular flexibility index (Phi) is 6.39. The van der Waals surface area contributed by atoms with E-state index < -0.39 is 43.4 Å². The molecule has 1 aromatic carbocycles. The summed E-state index contributed by atoms with van der Waals surface area (Å²) >= 11 is 0. The topological polar surface area (TPSA) is 169 Å². The Bertz CT molecular complexity index is 594. The summed E-state index contributed by atoms with van der Waals surface area (Å²) in [5, 5.41) is 59.0. The second-order valence-electron chi connectivity index (χ2n) is 5.60. The van der Waals surface area contributed by atoms with Crippen molar-refractivity contribution in [3.8, 4) is 11.5 Å². The number of hydrogen-bond donors (Lipinski definition) is 7. The van der Waals surface area contributed by atoms with Crippen LogP contribution in [0.25, 0.3) is 0 Å². The summed E-state index contributed by atoms with van der Waals surface area (Å²) in [6, 6.07) is 4.23. The van der Waals surface area contributed by atoms with E-state index >= 15 is 0 Å². The standard InChI is InChI=1S/C15H21NO9/c17-6-10-11(20)12(21)13(22)14(24-10)25-15(23)16-4-3-7-1-2-8(18)9(19)5-7/h1-2,5,10-14,17-22H,3-4,6H2,(H,16,23)/t10-,11-,12+,13-,14-/m1/s1. The normalized spacial score (nSPS) is 29.2. The van der Waals surface area contributed by atoms with Gasteiger partial charge < -0.3 is 45.4 Å². The number of rotatable bonds is 5. The monoisotopic (exact) mass is 359 g/mol. The van der Waals surface area contributed by atoms with E-state index in [1.807, 2.05) is 0 Å². The minimum atomic E-state index is -1.67. The number of aliphatic hydroxyl groups is 4. The zero-order chi connectivity index (χ0) is 18.6. The van der Waals surface area contributed by atoms with Crippen molar-refractivity contribution in [1.82, 2.24) is 5.32 Å². The highest BCUT2D eigenvalue weighted by molar-refractivity contribution is 5.67. The first kappa shape index (κ1) is 19.2. The Hall–Kier alpha value is -2.11. The fraction of sp³-hybridized carbons (Fsp3) is 0.533. The first-order chi connectivity index (χ1) is 11.8. The van der Waals surface area contributed by atoms with E-state index in [-0.39, 0.29) is 18.0 Å². The van der Waals surface area contributed by atoms with Gasteiger partial charge in [0.1, 0.15) is 24.4 Å². The number of benzene rings is 1. The zero-order valence-corrected chi connectivity index (χ0v) is 13.1. The summed E-state index contributed by atoms with van der Waals surface area (Å²) < 4.78 is 9.88. The SMILES string of the molecule is O=C(NCCc1ccc(O)c(O)c1)O[C@H]1O[C@H](CO)[C@@H](O)[C@H](O)[C@H]1O. The van der Waals surface area contributed by atoms with Crippen LogP contribution in [0.15, 0.2) is 18.2 Å². The molecule has 1 fully saturated rings. The number of ether oxygens (including phenoxy) is 2. The molecule has 1 saturated heterocycles. The molecular formula is C15H21NO9. The van der Waals surface area contributed by atoms with Gasteiger partial charge in [0.25, 0.3) is 0 Å². The van der Waals surface area contributed by atoms with E-state index in [2.05, 4.69) is 5.32 Å². The number of aliphatic hydroxyl groups excluding tert-OH is 4. The predicted octanol–water partition coefficient (Wildman–Crippen LogP) is -1.83. The van der Waals surface area contributed by atoms with E-state index in [0.717, 1.165) is 0 Å². The van der Waals surface area contributed by atoms with Crippen LogP contribution in [0, 0.1) is 0 Å². The van der Waals surface area contributed by atoms with Gasteiger partial charge in [0.15, 0.2) is 11.5 Å². The fourth-order valence-electron chi connectivity index (χ4n) is 2.35. The summed E-state index contributed by atoms with van der Waals surface area (Å²) in [5.74, 6) is -0.528. The maximum absolute atomic E-state index is 11.7. The predicted molar refractivity (Wildman–Crippen MR) is 81.7 cm³/mol. The van der Waals surface area contributed by atoms with Gasteiger partial charge in [-0.15, -0.1) is 0 Å². The van der Waals surface area contributed by atoms with Crippen LogP contribution < -0.4 is 5.32 Å². The van der Waals surface area contributed by atoms with Crippen LogP contribution in [0.2, 0.25) is 0 Å². The molecule has 0 bridgehead atoms. The van der Waals surface area contributed by atoms with Crippen molar-refractivity contribution in [2.24, 2.45) is 0 Å². The van der Waals surface area contributed by atoms with Gasteiger partial charge >= 0.3 is 6.09 Å². The van der Waals surface area contributed by atoms with Crippen LogP contribution in [0.5, 0.6) is 11.5 Å². The first-order valence-corrected chi connectivity index (χ1v) is 7.59. The van der Waals surface area contributed by atoms with Crippen LogP contribution in [0.4, 0.5) is 4.79 Å². The van der Waals surface area contributed by atoms with Crippen molar-refractivity contribution in [1.29, 1.82) is 0 Å². The molecule has 0 radical (unpaired) electrons. The van der Waals surface area contributed by atoms with Crippen LogP contribution in [0.3, 0.4) is 0 Å². The number of carbonyl (C=O) groups is 1. The highest BCUT2D eigenvalue weighted by Gasteiger charge is 2.45. The lowest BCUT2D eigenvalue weighted by Crippen LogP contribution is -2.59. The van der Waals surface area contributed by atoms with Crippen molar-refractivity contribution in [3.63, 3.8) is 0 Å². The van der Waals surface area contributed by atoms with E-state index in [1.165, 1.54) is 12.1 Å². The number of phenolic OH excluding ortho intramolecular Hbond substituents is 2. The molecule has 0 aromatic heterocycles. The van der Waals surface area contributed by atoms with Gasteiger partial charge in [-0.05, 0) is 24.1 Å². The molecule has 7 N–H and O–H groups in total. The molecule has 10 nitrogen and oxygen atoms in total. The molecule has 1 amide bonds. The Morgan fingerprint density at radius 3 is 2.48 bits per heavy atom. The van der Waals surface area contributed by atoms with Crippen LogP contribution in [0.1, 0.15) is 5.56 Å². The van der Waals surface area contributed by atoms with Gasteiger partial charge in [0, 0.05) is 6.54 Å². The smallest absolute Gasteiger partial charge is 0.409 e. The summed E-state index contributed by atoms with van der Waals surface area (Å²) in [6.07, 6.45) is -8.17. The number of aromatic hydroxyl groups is 2. The Morgan fingerprint density at radius 2 is 1.84 bits per heavy atom. The Balaban J connectivity index is 1.82. The van der Waals surface area contributed by atoms with Gasteiger partial charge in [0.2, 0.25) is 6.29 Å². The lowest BCUT2D eigenvalue weighted by Gasteiger charge is -2.39. The molecule has 2 rings (SSSR count). The molecule has 0 aliphatic carbocycles. The summed E-state index contributed by atoms with van der Waals surface area (Å²) in [4.78, 5) is 11.7. The lowest BCUT2D eigenvalue weighted by molar-refractivity contribution is -0.284. The molecule has 0 saturated carbocycles. The zero-order valence-electron chi connectivity index (χ0n) is 13.1. The molecule has 0 unspecified atom stereocenters. The Labute approximate surface area is 142 Å². The molecule has 1 aromatic rings. The third kappa shape index (κ3) is 4.71. The number of nitrogens with one attached hydrogen (secondary N) is 1. The lowest BCUT2D eigenvalue weighted by atomic mass is 9.99. The fourth-order valence-corrected chi connectivity index (χ4v) is 2.35. The maximum Gasteiger partial charge on any atom is 0.409 e. The average molecular weight is 359 g/mol. The number of carbonyl (C=O) groups excluding carboxylic acids is 1. The molecule has 1 heterocycles. The molecule has 10 heteroatoms. The minimum absolute atomic E-state index is 0.125. The van der Waals surface area contributed by atoms with Crippen molar-refractivity contribution in [3.05, 3.63) is 23.8 Å². The van der Waals surface area contributed by atoms with Crippen molar-refractivity contribution < 1.29 is 44.9 Å². The molecule has 1 aliphatic heterocycles. The number of amides is 1. The van der Waals surface area contributed by atoms with Gasteiger partial charge in [0.05, 0.1) is 6.61 Å². The minimum Gasteiger partial charge on any atom is -0.504 e. The molecule has 25 heavy (non-hydrogen) atoms. The van der Waals surface area contributed by atoms with Crippen molar-refractivity contribution in [2.75, 3.05) is 13.2 Å². The second kappa shape index (κ2) is 8.32. The quantitative estimate of drug-likeness (QED) is 0.299. The number of phenols is 2. The molecule has 0 spiro atoms. The van der Waals surface area contributed by atoms with E-state index in [0.29, 0.717) is 12.0 Å². The largest absolute Gasteiger partial charge is 0.504 e. The van der Waals surface area contributed by atoms with Crippen molar-refractivity contribution in [2.45, 2.75) is 37.1 Å². The molecule has 1 aliphatic rings. The van der Waals surface area contributed by atoms with Crippen LogP contribution >= 0.6 is 0 Å². The molecule has 5 atom stereocenters. The van der Waals surface area contributed by atoms with Gasteiger partial charge in [-0.1, -0.05) is 6.07 Å². The third-order valence-electron chi connectivity index (χ3n) is 3.79. The number of alkyl carbamates (subject to hydrolysis) is 1. The summed E-state index contributed by atoms with van der Waals surface area (Å²) in [6.45, 7) is -0.503. The molecule has 140 valence electrons. The number of hydrogen-bond acceptors (Lipinski definition) is 9. The molecular weight excluding hydrogens is 338 g/mol. The van der Waals surface area contributed by atoms with Gasteiger partial charge in [-0.2, -0.15) is 0 Å². The van der Waals surface area contributed by atoms with E-state index in [4.69, 9.17) is 14.6 Å². The third-order valence-corrected chi connectivity index (χ3v) is 3.79. The van der Waals surface area contributed by atoms with Crippen LogP contribution in [-0.4, -0.2) is 80.6 Å². The average Bonchev–Trinajstić information content (AvgIpc) is 2.58. The highest BCUT2D eigenvalue weighted by Crippen LogP contribution is 2.25. The first-order valence-electron chi connectivity index (χ1n) is 7.59. The van der Waals surface area contributed by atoms with Gasteiger partial charge in [-0.3, -0.25) is 0 Å². The Morgan fingerprint density at radius 1 is 1.12 bits per heavy atom. The summed E-state index contributed by atoms with van der Waals surface area (Å²) in [7, 11) is 0. The van der Waals surface area contributed by atoms with E-state index in [1.54, 1.807) is 6.07 Å². The highest BCUT2D eigenvalue weighted by atomic mass is 16.7. The van der Waals surface area contributed by atoms with E-state index in [9.17, 15) is 30.3 Å². The summed E-state index contributed by atoms with van der Waals surface area (Å²) in [5.41, 5.74) is 0.656. The second-order valence-corrected chi connectivity index (χ2v) is 5.60. The maximum atomic E-state index is 11.7. The van der Waals surface area contributed by atoms with Crippen LogP contribution in [-0.2, 0) is 15.9 Å². The van der Waals surface area contributed by atoms with Crippen molar-refractivity contribution >= 4 is 6.09 Å².